The number of anilines is 1. The lowest BCUT2D eigenvalue weighted by Crippen LogP contribution is -2.25. The van der Waals surface area contributed by atoms with Crippen LogP contribution in [0.3, 0.4) is 0 Å². The van der Waals surface area contributed by atoms with Crippen LogP contribution in [0.25, 0.3) is 0 Å². The first kappa shape index (κ1) is 15.3. The molecule has 1 N–H and O–H groups in total. The molecule has 0 radical (unpaired) electrons. The molecule has 0 atom stereocenters. The zero-order valence-electron chi connectivity index (χ0n) is 11.3. The van der Waals surface area contributed by atoms with Gasteiger partial charge in [0.1, 0.15) is 10.1 Å². The predicted molar refractivity (Wildman–Crippen MR) is 85.6 cm³/mol. The van der Waals surface area contributed by atoms with Crippen molar-refractivity contribution in [1.29, 1.82) is 0 Å². The van der Waals surface area contributed by atoms with Crippen molar-refractivity contribution in [3.05, 3.63) is 29.6 Å². The number of nitrogens with zero attached hydrogens (tertiary/aromatic N) is 1. The van der Waals surface area contributed by atoms with Crippen molar-refractivity contribution in [2.75, 3.05) is 24.2 Å². The number of amides is 1. The Labute approximate surface area is 127 Å². The molecule has 1 aromatic carbocycles. The van der Waals surface area contributed by atoms with Gasteiger partial charge < -0.3 is 10.2 Å². The third kappa shape index (κ3) is 4.18. The van der Waals surface area contributed by atoms with Gasteiger partial charge in [-0.1, -0.05) is 30.0 Å². The summed E-state index contributed by atoms with van der Waals surface area (Å²) in [5.74, 6) is -0.262. The molecular formula is C14H17FN2OS2. The second-order valence-electron chi connectivity index (χ2n) is 4.76. The molecule has 0 unspecified atom stereocenters. The molecule has 1 amide bonds. The van der Waals surface area contributed by atoms with Gasteiger partial charge in [0, 0.05) is 18.8 Å². The fraction of sp³-hybridized carbons (Fsp3) is 0.429. The van der Waals surface area contributed by atoms with E-state index in [-0.39, 0.29) is 17.5 Å². The van der Waals surface area contributed by atoms with Crippen LogP contribution in [0.4, 0.5) is 10.1 Å². The lowest BCUT2D eigenvalue weighted by Gasteiger charge is -2.17. The highest BCUT2D eigenvalue weighted by molar-refractivity contribution is 8.23. The topological polar surface area (TPSA) is 32.3 Å². The highest BCUT2D eigenvalue weighted by Crippen LogP contribution is 2.18. The number of likely N-dealkylation sites (tertiary alicyclic amines) is 1. The van der Waals surface area contributed by atoms with Crippen LogP contribution < -0.4 is 5.32 Å². The third-order valence-electron chi connectivity index (χ3n) is 3.16. The van der Waals surface area contributed by atoms with Crippen molar-refractivity contribution < 1.29 is 9.18 Å². The van der Waals surface area contributed by atoms with Crippen molar-refractivity contribution in [1.82, 2.24) is 4.90 Å². The van der Waals surface area contributed by atoms with Crippen LogP contribution in [-0.2, 0) is 4.79 Å². The summed E-state index contributed by atoms with van der Waals surface area (Å²) in [5.41, 5.74) is 1.36. The summed E-state index contributed by atoms with van der Waals surface area (Å²) in [6.07, 6.45) is 2.32. The molecule has 6 heteroatoms. The number of thioether (sulfide) groups is 1. The number of hydrogen-bond donors (Lipinski definition) is 1. The summed E-state index contributed by atoms with van der Waals surface area (Å²) < 4.78 is 13.9. The molecule has 0 aromatic heterocycles. The molecule has 20 heavy (non-hydrogen) atoms. The maximum Gasteiger partial charge on any atom is 0.234 e. The molecule has 1 fully saturated rings. The van der Waals surface area contributed by atoms with Gasteiger partial charge in [-0.3, -0.25) is 4.79 Å². The van der Waals surface area contributed by atoms with E-state index in [0.29, 0.717) is 5.69 Å². The third-order valence-corrected chi connectivity index (χ3v) is 4.69. The first-order valence-corrected chi connectivity index (χ1v) is 7.93. The number of carbonyl (C=O) groups is 1. The van der Waals surface area contributed by atoms with Gasteiger partial charge in [-0.15, -0.1) is 0 Å². The summed E-state index contributed by atoms with van der Waals surface area (Å²) in [6.45, 7) is 3.80. The minimum atomic E-state index is -0.355. The monoisotopic (exact) mass is 312 g/mol. The number of aryl methyl sites for hydroxylation is 1. The standard InChI is InChI=1S/C14H17FN2OS2/c1-10-4-5-11(15)8-12(10)16-13(18)9-20-14(19)17-6-2-3-7-17/h4-5,8H,2-3,6-7,9H2,1H3,(H,16,18). The van der Waals surface area contributed by atoms with Crippen LogP contribution in [0.5, 0.6) is 0 Å². The zero-order valence-corrected chi connectivity index (χ0v) is 13.0. The molecule has 108 valence electrons. The number of hydrogen-bond acceptors (Lipinski definition) is 3. The van der Waals surface area contributed by atoms with E-state index in [1.54, 1.807) is 6.07 Å². The van der Waals surface area contributed by atoms with E-state index in [4.69, 9.17) is 12.2 Å². The fourth-order valence-electron chi connectivity index (χ4n) is 2.03. The second-order valence-corrected chi connectivity index (χ2v) is 6.37. The molecule has 1 aliphatic heterocycles. The summed E-state index contributed by atoms with van der Waals surface area (Å²) >= 11 is 6.65. The van der Waals surface area contributed by atoms with E-state index in [0.717, 1.165) is 35.8 Å². The Morgan fingerprint density at radius 1 is 1.45 bits per heavy atom. The van der Waals surface area contributed by atoms with Crippen LogP contribution in [-0.4, -0.2) is 34.0 Å². The Kier molecular flexibility index (Phi) is 5.37. The molecule has 1 heterocycles. The van der Waals surface area contributed by atoms with Crippen molar-refractivity contribution in [3.63, 3.8) is 0 Å². The first-order chi connectivity index (χ1) is 9.56. The predicted octanol–water partition coefficient (Wildman–Crippen LogP) is 3.19. The zero-order chi connectivity index (χ0) is 14.5. The van der Waals surface area contributed by atoms with Gasteiger partial charge in [-0.25, -0.2) is 4.39 Å². The van der Waals surface area contributed by atoms with Gasteiger partial charge in [-0.2, -0.15) is 0 Å². The maximum atomic E-state index is 13.1. The number of halogens is 1. The van der Waals surface area contributed by atoms with Gasteiger partial charge in [0.2, 0.25) is 5.91 Å². The average molecular weight is 312 g/mol. The first-order valence-electron chi connectivity index (χ1n) is 6.54. The molecule has 2 rings (SSSR count). The molecule has 1 aromatic rings. The lowest BCUT2D eigenvalue weighted by atomic mass is 10.2. The number of thiocarbonyl (C=S) groups is 1. The Hall–Kier alpha value is -1.14. The molecular weight excluding hydrogens is 295 g/mol. The van der Waals surface area contributed by atoms with Gasteiger partial charge in [-0.05, 0) is 37.5 Å². The SMILES string of the molecule is Cc1ccc(F)cc1NC(=O)CSC(=S)N1CCCC1. The molecule has 1 aliphatic rings. The summed E-state index contributed by atoms with van der Waals surface area (Å²) in [6, 6.07) is 4.35. The Balaban J connectivity index is 1.83. The largest absolute Gasteiger partial charge is 0.358 e. The van der Waals surface area contributed by atoms with E-state index in [9.17, 15) is 9.18 Å². The van der Waals surface area contributed by atoms with Crippen molar-refractivity contribution in [2.24, 2.45) is 0 Å². The summed E-state index contributed by atoms with van der Waals surface area (Å²) in [5, 5.41) is 2.72. The van der Waals surface area contributed by atoms with Gasteiger partial charge >= 0.3 is 0 Å². The highest BCUT2D eigenvalue weighted by atomic mass is 32.2. The van der Waals surface area contributed by atoms with Gasteiger partial charge in [0.05, 0.1) is 5.75 Å². The smallest absolute Gasteiger partial charge is 0.234 e. The van der Waals surface area contributed by atoms with E-state index >= 15 is 0 Å². The molecule has 0 aliphatic carbocycles. The average Bonchev–Trinajstić information content (AvgIpc) is 2.94. The number of nitrogens with one attached hydrogen (secondary N) is 1. The summed E-state index contributed by atoms with van der Waals surface area (Å²) in [7, 11) is 0. The minimum absolute atomic E-state index is 0.162. The van der Waals surface area contributed by atoms with E-state index in [2.05, 4.69) is 10.2 Å². The normalized spacial score (nSPS) is 14.4. The quantitative estimate of drug-likeness (QED) is 0.869. The van der Waals surface area contributed by atoms with Crippen LogP contribution in [0.15, 0.2) is 18.2 Å². The number of benzene rings is 1. The Bertz CT molecular complexity index is 516. The van der Waals surface area contributed by atoms with Gasteiger partial charge in [0.15, 0.2) is 0 Å². The second kappa shape index (κ2) is 7.04. The number of rotatable bonds is 3. The molecule has 0 saturated carbocycles. The molecule has 0 spiro atoms. The van der Waals surface area contributed by atoms with Crippen LogP contribution in [0.1, 0.15) is 18.4 Å². The highest BCUT2D eigenvalue weighted by Gasteiger charge is 2.16. The van der Waals surface area contributed by atoms with E-state index < -0.39 is 0 Å². The van der Waals surface area contributed by atoms with Crippen LogP contribution in [0, 0.1) is 12.7 Å². The van der Waals surface area contributed by atoms with Gasteiger partial charge in [0.25, 0.3) is 0 Å². The minimum Gasteiger partial charge on any atom is -0.358 e. The molecule has 0 bridgehead atoms. The van der Waals surface area contributed by atoms with Crippen LogP contribution in [0.2, 0.25) is 0 Å². The van der Waals surface area contributed by atoms with E-state index in [1.165, 1.54) is 23.9 Å². The van der Waals surface area contributed by atoms with E-state index in [1.807, 2.05) is 6.92 Å². The van der Waals surface area contributed by atoms with Crippen molar-refractivity contribution >= 4 is 39.9 Å². The molecule has 1 saturated heterocycles. The number of carbonyl (C=O) groups excluding carboxylic acids is 1. The lowest BCUT2D eigenvalue weighted by molar-refractivity contribution is -0.113. The molecule has 3 nitrogen and oxygen atoms in total. The maximum absolute atomic E-state index is 13.1. The summed E-state index contributed by atoms with van der Waals surface area (Å²) in [4.78, 5) is 14.0. The fourth-order valence-corrected chi connectivity index (χ4v) is 3.08. The van der Waals surface area contributed by atoms with Crippen molar-refractivity contribution in [2.45, 2.75) is 19.8 Å². The Morgan fingerprint density at radius 2 is 2.15 bits per heavy atom. The van der Waals surface area contributed by atoms with Crippen LogP contribution >= 0.6 is 24.0 Å². The van der Waals surface area contributed by atoms with Crippen molar-refractivity contribution in [3.8, 4) is 0 Å². The Morgan fingerprint density at radius 3 is 2.85 bits per heavy atom.